The summed E-state index contributed by atoms with van der Waals surface area (Å²) in [4.78, 5) is 29.1. The number of hydroxylamine groups is 2. The third-order valence-electron chi connectivity index (χ3n) is 3.90. The summed E-state index contributed by atoms with van der Waals surface area (Å²) in [5.74, 6) is -0.457. The van der Waals surface area contributed by atoms with E-state index in [0.717, 1.165) is 5.56 Å². The van der Waals surface area contributed by atoms with E-state index in [9.17, 15) is 14.7 Å². The maximum absolute atomic E-state index is 12.1. The molecular weight excluding hydrogens is 352 g/mol. The molecule has 2 N–H and O–H groups in total. The van der Waals surface area contributed by atoms with Crippen molar-refractivity contribution in [3.8, 4) is 0 Å². The molecule has 1 amide bonds. The second-order valence-electron chi connectivity index (χ2n) is 7.44. The first-order valence-corrected chi connectivity index (χ1v) is 8.93. The van der Waals surface area contributed by atoms with Crippen LogP contribution in [0.3, 0.4) is 0 Å². The van der Waals surface area contributed by atoms with Crippen LogP contribution in [0, 0.1) is 0 Å². The van der Waals surface area contributed by atoms with E-state index in [1.165, 1.54) is 6.92 Å². The van der Waals surface area contributed by atoms with Crippen LogP contribution in [0.4, 0.5) is 4.79 Å². The molecule has 2 rings (SSSR count). The van der Waals surface area contributed by atoms with Gasteiger partial charge in [-0.3, -0.25) is 9.63 Å². The van der Waals surface area contributed by atoms with Crippen molar-refractivity contribution in [1.82, 2.24) is 10.4 Å². The smallest absolute Gasteiger partial charge is 0.408 e. The molecular formula is C19H28N2O6. The number of nitrogens with zero attached hydrogens (tertiary/aromatic N) is 1. The number of aliphatic hydroxyl groups excluding tert-OH is 1. The summed E-state index contributed by atoms with van der Waals surface area (Å²) in [6.07, 6.45) is -1.09. The predicted octanol–water partition coefficient (Wildman–Crippen LogP) is 1.97. The predicted molar refractivity (Wildman–Crippen MR) is 97.3 cm³/mol. The summed E-state index contributed by atoms with van der Waals surface area (Å²) in [7, 11) is 0. The maximum Gasteiger partial charge on any atom is 0.408 e. The van der Waals surface area contributed by atoms with Crippen LogP contribution in [0.1, 0.15) is 39.7 Å². The van der Waals surface area contributed by atoms with Crippen LogP contribution >= 0.6 is 0 Å². The van der Waals surface area contributed by atoms with E-state index < -0.39 is 36.0 Å². The van der Waals surface area contributed by atoms with E-state index in [1.807, 2.05) is 30.3 Å². The van der Waals surface area contributed by atoms with Crippen LogP contribution in [0.5, 0.6) is 0 Å². The van der Waals surface area contributed by atoms with Gasteiger partial charge < -0.3 is 19.9 Å². The molecule has 0 radical (unpaired) electrons. The molecule has 1 aromatic rings. The van der Waals surface area contributed by atoms with Crippen LogP contribution in [0.15, 0.2) is 30.3 Å². The molecule has 8 nitrogen and oxygen atoms in total. The largest absolute Gasteiger partial charge is 0.444 e. The van der Waals surface area contributed by atoms with E-state index in [2.05, 4.69) is 5.32 Å². The average Bonchev–Trinajstić information content (AvgIpc) is 2.93. The van der Waals surface area contributed by atoms with Crippen LogP contribution in [-0.4, -0.2) is 52.8 Å². The second kappa shape index (κ2) is 9.16. The normalized spacial score (nSPS) is 21.5. The molecule has 1 fully saturated rings. The summed E-state index contributed by atoms with van der Waals surface area (Å²) in [5.41, 5.74) is 0.334. The van der Waals surface area contributed by atoms with E-state index >= 15 is 0 Å². The Hall–Kier alpha value is -2.16. The minimum absolute atomic E-state index is 0.313. The van der Waals surface area contributed by atoms with Gasteiger partial charge in [0.05, 0.1) is 18.7 Å². The Balaban J connectivity index is 2.11. The highest BCUT2D eigenvalue weighted by molar-refractivity contribution is 5.68. The van der Waals surface area contributed by atoms with Crippen molar-refractivity contribution >= 4 is 12.1 Å². The molecule has 0 spiro atoms. The summed E-state index contributed by atoms with van der Waals surface area (Å²) < 4.78 is 10.4. The number of hydrogen-bond acceptors (Lipinski definition) is 7. The summed E-state index contributed by atoms with van der Waals surface area (Å²) in [6, 6.07) is 8.56. The average molecular weight is 380 g/mol. The van der Waals surface area contributed by atoms with Gasteiger partial charge in [-0.05, 0) is 26.3 Å². The number of ether oxygens (including phenoxy) is 2. The van der Waals surface area contributed by atoms with Crippen molar-refractivity contribution in [2.45, 2.75) is 64.6 Å². The van der Waals surface area contributed by atoms with Crippen molar-refractivity contribution in [3.05, 3.63) is 35.9 Å². The van der Waals surface area contributed by atoms with Crippen LogP contribution in [-0.2, 0) is 25.7 Å². The van der Waals surface area contributed by atoms with Gasteiger partial charge in [0.2, 0.25) is 6.29 Å². The minimum Gasteiger partial charge on any atom is -0.444 e. The number of alkyl carbamates (subject to hydrolysis) is 1. The molecule has 1 aliphatic heterocycles. The lowest BCUT2D eigenvalue weighted by molar-refractivity contribution is -0.241. The standard InChI is InChI=1S/C19H28N2O6/c1-13(23)25-17-10-16(15(12-22)20-18(24)26-19(2,3)4)21(27-17)11-14-8-6-5-7-9-14/h5-9,15-17,22H,10-12H2,1-4H3,(H,20,24)/t15-,16+,17-/m0/s1. The van der Waals surface area contributed by atoms with Crippen LogP contribution in [0.2, 0.25) is 0 Å². The number of esters is 1. The van der Waals surface area contributed by atoms with Gasteiger partial charge in [0, 0.05) is 19.9 Å². The highest BCUT2D eigenvalue weighted by Gasteiger charge is 2.41. The molecule has 0 aromatic heterocycles. The van der Waals surface area contributed by atoms with Gasteiger partial charge in [-0.25, -0.2) is 4.79 Å². The maximum atomic E-state index is 12.1. The lowest BCUT2D eigenvalue weighted by atomic mass is 10.1. The zero-order valence-corrected chi connectivity index (χ0v) is 16.2. The second-order valence-corrected chi connectivity index (χ2v) is 7.44. The molecule has 0 unspecified atom stereocenters. The highest BCUT2D eigenvalue weighted by Crippen LogP contribution is 2.27. The molecule has 1 aliphatic rings. The Morgan fingerprint density at radius 1 is 1.33 bits per heavy atom. The van der Waals surface area contributed by atoms with E-state index in [-0.39, 0.29) is 6.61 Å². The fourth-order valence-corrected chi connectivity index (χ4v) is 2.85. The van der Waals surface area contributed by atoms with Gasteiger partial charge in [-0.2, -0.15) is 5.06 Å². The van der Waals surface area contributed by atoms with Crippen molar-refractivity contribution < 1.29 is 29.0 Å². The number of nitrogens with one attached hydrogen (secondary N) is 1. The van der Waals surface area contributed by atoms with Gasteiger partial charge in [0.15, 0.2) is 0 Å². The Bertz CT molecular complexity index is 631. The summed E-state index contributed by atoms with van der Waals surface area (Å²) in [6.45, 7) is 6.69. The quantitative estimate of drug-likeness (QED) is 0.728. The van der Waals surface area contributed by atoms with Crippen molar-refractivity contribution in [3.63, 3.8) is 0 Å². The number of aliphatic hydroxyl groups is 1. The number of amides is 1. The number of hydrogen-bond donors (Lipinski definition) is 2. The van der Waals surface area contributed by atoms with Gasteiger partial charge in [0.25, 0.3) is 0 Å². The van der Waals surface area contributed by atoms with Gasteiger partial charge in [0.1, 0.15) is 5.60 Å². The third-order valence-corrected chi connectivity index (χ3v) is 3.90. The van der Waals surface area contributed by atoms with Crippen molar-refractivity contribution in [2.75, 3.05) is 6.61 Å². The third kappa shape index (κ3) is 6.82. The Morgan fingerprint density at radius 3 is 2.56 bits per heavy atom. The van der Waals surface area contributed by atoms with Gasteiger partial charge >= 0.3 is 12.1 Å². The first-order valence-electron chi connectivity index (χ1n) is 8.93. The molecule has 0 bridgehead atoms. The fourth-order valence-electron chi connectivity index (χ4n) is 2.85. The first kappa shape index (κ1) is 21.1. The molecule has 3 atom stereocenters. The zero-order chi connectivity index (χ0) is 20.0. The molecule has 27 heavy (non-hydrogen) atoms. The fraction of sp³-hybridized carbons (Fsp3) is 0.579. The minimum atomic E-state index is -0.773. The van der Waals surface area contributed by atoms with Crippen molar-refractivity contribution in [2.24, 2.45) is 0 Å². The lowest BCUT2D eigenvalue weighted by Gasteiger charge is -2.30. The van der Waals surface area contributed by atoms with Crippen molar-refractivity contribution in [1.29, 1.82) is 0 Å². The molecule has 1 saturated heterocycles. The molecule has 0 saturated carbocycles. The molecule has 8 heteroatoms. The Morgan fingerprint density at radius 2 is 2.00 bits per heavy atom. The lowest BCUT2D eigenvalue weighted by Crippen LogP contribution is -2.51. The Labute approximate surface area is 159 Å². The SMILES string of the molecule is CC(=O)O[C@@H]1C[C@H]([C@H](CO)NC(=O)OC(C)(C)C)N(Cc2ccccc2)O1. The molecule has 1 aromatic carbocycles. The first-order chi connectivity index (χ1) is 12.7. The summed E-state index contributed by atoms with van der Waals surface area (Å²) in [5, 5.41) is 14.1. The van der Waals surface area contributed by atoms with E-state index in [0.29, 0.717) is 13.0 Å². The summed E-state index contributed by atoms with van der Waals surface area (Å²) >= 11 is 0. The molecule has 0 aliphatic carbocycles. The highest BCUT2D eigenvalue weighted by atomic mass is 16.8. The molecule has 1 heterocycles. The van der Waals surface area contributed by atoms with Crippen LogP contribution in [0.25, 0.3) is 0 Å². The number of carbonyl (C=O) groups is 2. The van der Waals surface area contributed by atoms with Gasteiger partial charge in [-0.1, -0.05) is 30.3 Å². The van der Waals surface area contributed by atoms with Crippen LogP contribution < -0.4 is 5.32 Å². The topological polar surface area (TPSA) is 97.3 Å². The molecule has 150 valence electrons. The monoisotopic (exact) mass is 380 g/mol. The van der Waals surface area contributed by atoms with Gasteiger partial charge in [-0.15, -0.1) is 0 Å². The number of carbonyl (C=O) groups excluding carboxylic acids is 2. The van der Waals surface area contributed by atoms with E-state index in [1.54, 1.807) is 25.8 Å². The number of rotatable bonds is 6. The Kier molecular flexibility index (Phi) is 7.18. The number of benzene rings is 1. The zero-order valence-electron chi connectivity index (χ0n) is 16.2. The van der Waals surface area contributed by atoms with E-state index in [4.69, 9.17) is 14.3 Å².